The van der Waals surface area contributed by atoms with Crippen LogP contribution in [0.25, 0.3) is 0 Å². The summed E-state index contributed by atoms with van der Waals surface area (Å²) in [7, 11) is -8.38. The topological polar surface area (TPSA) is 54.4 Å². The molecule has 19 heteroatoms. The molecule has 0 unspecified atom stereocenters. The van der Waals surface area contributed by atoms with Crippen LogP contribution < -0.4 is 0 Å². The summed E-state index contributed by atoms with van der Waals surface area (Å²) in [6.07, 6.45) is 0. The minimum Gasteiger partial charge on any atom is -0.285 e. The second-order valence-electron chi connectivity index (χ2n) is 6.58. The standard InChI is InChI=1S/C10HF15O3S/c11-1-5(14,15)2(12)7(18,19)3(13,6(1,16)17)10(24,25)4(8(1,20)21,9(2,22)23)29(26,27)28/h(H,26,27,28). The molecule has 4 saturated carbocycles. The summed E-state index contributed by atoms with van der Waals surface area (Å²) in [6, 6.07) is 0. The molecule has 4 bridgehead atoms. The fourth-order valence-corrected chi connectivity index (χ4v) is 5.69. The van der Waals surface area contributed by atoms with Crippen LogP contribution in [-0.4, -0.2) is 70.3 Å². The van der Waals surface area contributed by atoms with Gasteiger partial charge >= 0.3 is 52.5 Å². The van der Waals surface area contributed by atoms with Crippen molar-refractivity contribution in [3.63, 3.8) is 0 Å². The van der Waals surface area contributed by atoms with Gasteiger partial charge in [-0.1, -0.05) is 0 Å². The van der Waals surface area contributed by atoms with E-state index in [-0.39, 0.29) is 0 Å². The molecular formula is C10HF15O3S. The number of halogens is 15. The minimum absolute atomic E-state index is 7.86. The molecule has 0 spiro atoms. The Morgan fingerprint density at radius 3 is 0.724 bits per heavy atom. The lowest BCUT2D eigenvalue weighted by atomic mass is 9.41. The van der Waals surface area contributed by atoms with Gasteiger partial charge < -0.3 is 0 Å². The van der Waals surface area contributed by atoms with Crippen molar-refractivity contribution in [2.75, 3.05) is 0 Å². The van der Waals surface area contributed by atoms with Crippen molar-refractivity contribution < 1.29 is 78.8 Å². The predicted molar refractivity (Wildman–Crippen MR) is 55.5 cm³/mol. The Labute approximate surface area is 147 Å². The summed E-state index contributed by atoms with van der Waals surface area (Å²) in [5.41, 5.74) is -24.1. The molecule has 1 N–H and O–H groups in total. The first kappa shape index (κ1) is 22.5. The van der Waals surface area contributed by atoms with Gasteiger partial charge in [0, 0.05) is 0 Å². The maximum absolute atomic E-state index is 14.4. The number of rotatable bonds is 1. The summed E-state index contributed by atoms with van der Waals surface area (Å²) < 4.78 is 235. The van der Waals surface area contributed by atoms with Crippen LogP contribution in [0.2, 0.25) is 0 Å². The molecule has 170 valence electrons. The molecule has 0 aromatic carbocycles. The summed E-state index contributed by atoms with van der Waals surface area (Å²) in [5, 5.41) is 0. The molecule has 4 aliphatic rings. The molecule has 3 nitrogen and oxygen atoms in total. The largest absolute Gasteiger partial charge is 0.339 e. The van der Waals surface area contributed by atoms with Gasteiger partial charge in [0.2, 0.25) is 0 Å². The van der Waals surface area contributed by atoms with Crippen LogP contribution in [0.4, 0.5) is 65.9 Å². The molecule has 29 heavy (non-hydrogen) atoms. The molecule has 0 saturated heterocycles. The highest BCUT2D eigenvalue weighted by Crippen LogP contribution is 2.89. The minimum atomic E-state index is -8.38. The highest BCUT2D eigenvalue weighted by atomic mass is 32.2. The Bertz CT molecular complexity index is 810. The van der Waals surface area contributed by atoms with Gasteiger partial charge in [-0.15, -0.1) is 0 Å². The van der Waals surface area contributed by atoms with Gasteiger partial charge in [-0.3, -0.25) is 4.55 Å². The van der Waals surface area contributed by atoms with Crippen molar-refractivity contribution >= 4 is 10.1 Å². The average molecular weight is 486 g/mol. The summed E-state index contributed by atoms with van der Waals surface area (Å²) >= 11 is 0. The molecule has 4 rings (SSSR count). The molecule has 4 aliphatic carbocycles. The van der Waals surface area contributed by atoms with Gasteiger partial charge in [0.1, 0.15) is 0 Å². The van der Waals surface area contributed by atoms with Gasteiger partial charge in [-0.05, 0) is 0 Å². The van der Waals surface area contributed by atoms with Crippen molar-refractivity contribution in [3.05, 3.63) is 0 Å². The van der Waals surface area contributed by atoms with E-state index >= 15 is 0 Å². The van der Waals surface area contributed by atoms with Crippen molar-refractivity contribution in [1.29, 1.82) is 0 Å². The van der Waals surface area contributed by atoms with Crippen molar-refractivity contribution in [3.8, 4) is 0 Å². The monoisotopic (exact) mass is 486 g/mol. The van der Waals surface area contributed by atoms with Gasteiger partial charge in [0.05, 0.1) is 0 Å². The van der Waals surface area contributed by atoms with E-state index in [9.17, 15) is 74.3 Å². The first-order chi connectivity index (χ1) is 12.2. The van der Waals surface area contributed by atoms with Crippen molar-refractivity contribution in [2.45, 2.75) is 57.3 Å². The van der Waals surface area contributed by atoms with Crippen LogP contribution >= 0.6 is 0 Å². The molecule has 0 aliphatic heterocycles. The first-order valence-electron chi connectivity index (χ1n) is 6.55. The Kier molecular flexibility index (Phi) is 3.32. The zero-order valence-corrected chi connectivity index (χ0v) is 13.2. The van der Waals surface area contributed by atoms with E-state index in [0.717, 1.165) is 0 Å². The maximum atomic E-state index is 14.4. The van der Waals surface area contributed by atoms with Crippen LogP contribution in [0.15, 0.2) is 0 Å². The van der Waals surface area contributed by atoms with E-state index in [1.807, 2.05) is 0 Å². The predicted octanol–water partition coefficient (Wildman–Crippen LogP) is 3.59. The van der Waals surface area contributed by atoms with E-state index in [1.165, 1.54) is 0 Å². The van der Waals surface area contributed by atoms with E-state index < -0.39 is 67.4 Å². The number of hydrogen-bond donors (Lipinski definition) is 1. The normalized spacial score (nSPS) is 49.8. The Morgan fingerprint density at radius 1 is 0.414 bits per heavy atom. The first-order valence-corrected chi connectivity index (χ1v) is 7.99. The van der Waals surface area contributed by atoms with Crippen LogP contribution in [-0.2, 0) is 10.1 Å². The van der Waals surface area contributed by atoms with Crippen LogP contribution in [0, 0.1) is 0 Å². The zero-order valence-electron chi connectivity index (χ0n) is 12.3. The van der Waals surface area contributed by atoms with E-state index in [1.54, 1.807) is 0 Å². The van der Waals surface area contributed by atoms with Crippen LogP contribution in [0.5, 0.6) is 0 Å². The van der Waals surface area contributed by atoms with Crippen LogP contribution in [0.3, 0.4) is 0 Å². The lowest BCUT2D eigenvalue weighted by Gasteiger charge is -2.73. The highest BCUT2D eigenvalue weighted by molar-refractivity contribution is 7.87. The molecule has 0 radical (unpaired) electrons. The van der Waals surface area contributed by atoms with Gasteiger partial charge in [-0.25, -0.2) is 39.5 Å². The Morgan fingerprint density at radius 2 is 0.586 bits per heavy atom. The Hall–Kier alpha value is -1.14. The second kappa shape index (κ2) is 4.27. The fraction of sp³-hybridized carbons (Fsp3) is 1.00. The molecule has 4 fully saturated rings. The van der Waals surface area contributed by atoms with Gasteiger partial charge in [0.25, 0.3) is 14.9 Å². The van der Waals surface area contributed by atoms with E-state index in [2.05, 4.69) is 0 Å². The van der Waals surface area contributed by atoms with Crippen molar-refractivity contribution in [2.24, 2.45) is 0 Å². The summed E-state index contributed by atoms with van der Waals surface area (Å²) in [5.74, 6) is -48.7. The summed E-state index contributed by atoms with van der Waals surface area (Å²) in [6.45, 7) is 0. The highest BCUT2D eigenvalue weighted by Gasteiger charge is 3.24. The average Bonchev–Trinajstić information content (AvgIpc) is 2.45. The molecule has 0 amide bonds. The SMILES string of the molecule is O=S(=O)(O)C12C(F)(F)C3(F)C(F)(F)C(F)(C(F)(F)C(F)(C3(F)F)C1(F)F)C2(F)F. The lowest BCUT2D eigenvalue weighted by molar-refractivity contribution is -0.581. The zero-order chi connectivity index (χ0) is 23.5. The third-order valence-corrected chi connectivity index (χ3v) is 7.15. The van der Waals surface area contributed by atoms with E-state index in [4.69, 9.17) is 4.55 Å². The third-order valence-electron chi connectivity index (χ3n) is 5.61. The molecule has 0 atom stereocenters. The fourth-order valence-electron chi connectivity index (χ4n) is 4.29. The smallest absolute Gasteiger partial charge is 0.285 e. The Balaban J connectivity index is 2.84. The second-order valence-corrected chi connectivity index (χ2v) is 8.14. The summed E-state index contributed by atoms with van der Waals surface area (Å²) in [4.78, 5) is 0. The lowest BCUT2D eigenvalue weighted by Crippen LogP contribution is -3.10. The van der Waals surface area contributed by atoms with E-state index in [0.29, 0.717) is 0 Å². The van der Waals surface area contributed by atoms with Crippen LogP contribution in [0.1, 0.15) is 0 Å². The molecule has 0 aromatic rings. The van der Waals surface area contributed by atoms with Gasteiger partial charge in [0.15, 0.2) is 0 Å². The van der Waals surface area contributed by atoms with Gasteiger partial charge in [-0.2, -0.15) is 34.8 Å². The third kappa shape index (κ3) is 1.24. The maximum Gasteiger partial charge on any atom is 0.339 e. The quantitative estimate of drug-likeness (QED) is 0.456. The van der Waals surface area contributed by atoms with Crippen molar-refractivity contribution in [1.82, 2.24) is 0 Å². The number of hydrogen-bond acceptors (Lipinski definition) is 2. The molecule has 0 aromatic heterocycles. The molecule has 0 heterocycles. The number of alkyl halides is 15. The molecular weight excluding hydrogens is 485 g/mol.